The number of halogens is 2. The molecule has 30 heavy (non-hydrogen) atoms. The average molecular weight is 400 g/mol. The van der Waals surface area contributed by atoms with Crippen molar-refractivity contribution in [3.8, 4) is 11.1 Å². The number of aromatic nitrogens is 3. The monoisotopic (exact) mass is 400 g/mol. The summed E-state index contributed by atoms with van der Waals surface area (Å²) in [6.45, 7) is -0.181. The first-order chi connectivity index (χ1) is 14.4. The van der Waals surface area contributed by atoms with E-state index in [1.54, 1.807) is 49.1 Å². The summed E-state index contributed by atoms with van der Waals surface area (Å²) in [7, 11) is 3.65. The topological polar surface area (TPSA) is 50.5 Å². The van der Waals surface area contributed by atoms with Gasteiger partial charge in [0.1, 0.15) is 33.0 Å². The van der Waals surface area contributed by atoms with E-state index in [9.17, 15) is 13.6 Å². The van der Waals surface area contributed by atoms with E-state index in [1.807, 2.05) is 20.1 Å². The lowest BCUT2D eigenvalue weighted by Crippen LogP contribution is -2.45. The number of nitrogens with zero attached hydrogens (tertiary/aromatic N) is 4. The maximum Gasteiger partial charge on any atom is 0.255 e. The molecule has 146 valence electrons. The number of fused-ring (bicyclic) bond motifs is 2. The first kappa shape index (κ1) is 18.5. The van der Waals surface area contributed by atoms with Crippen molar-refractivity contribution in [3.63, 3.8) is 0 Å². The van der Waals surface area contributed by atoms with Gasteiger partial charge in [0.15, 0.2) is 0 Å². The predicted octanol–water partition coefficient (Wildman–Crippen LogP) is 1.71. The molecule has 0 bridgehead atoms. The van der Waals surface area contributed by atoms with Gasteiger partial charge in [-0.05, 0) is 47.5 Å². The minimum absolute atomic E-state index is 0.144. The zero-order valence-electron chi connectivity index (χ0n) is 16.4. The fourth-order valence-corrected chi connectivity index (χ4v) is 4.03. The summed E-state index contributed by atoms with van der Waals surface area (Å²) in [6, 6.07) is 9.51. The molecule has 0 radical (unpaired) electrons. The third kappa shape index (κ3) is 2.73. The van der Waals surface area contributed by atoms with Gasteiger partial charge >= 0.3 is 0 Å². The Labute approximate surface area is 173 Å². The summed E-state index contributed by atoms with van der Waals surface area (Å²) >= 11 is 0. The van der Waals surface area contributed by atoms with E-state index in [0.29, 0.717) is 28.0 Å². The van der Waals surface area contributed by atoms with Crippen LogP contribution in [0.25, 0.3) is 16.8 Å². The zero-order valence-corrected chi connectivity index (χ0v) is 16.4. The van der Waals surface area contributed by atoms with E-state index in [0.717, 1.165) is 0 Å². The van der Waals surface area contributed by atoms with Gasteiger partial charge in [-0.3, -0.25) is 9.78 Å². The Morgan fingerprint density at radius 2 is 1.73 bits per heavy atom. The minimum Gasteiger partial charge on any atom is -0.339 e. The van der Waals surface area contributed by atoms with E-state index in [1.165, 1.54) is 17.0 Å². The van der Waals surface area contributed by atoms with Gasteiger partial charge in [0, 0.05) is 35.7 Å². The van der Waals surface area contributed by atoms with Crippen LogP contribution in [0.15, 0.2) is 61.2 Å². The number of pyridine rings is 2. The largest absolute Gasteiger partial charge is 0.339 e. The summed E-state index contributed by atoms with van der Waals surface area (Å²) in [5.41, 5.74) is 2.69. The molecule has 5 nitrogen and oxygen atoms in total. The normalized spacial score (nSPS) is 15.0. The molecule has 1 aliphatic heterocycles. The maximum atomic E-state index is 15.0. The van der Waals surface area contributed by atoms with Crippen molar-refractivity contribution in [1.29, 1.82) is 0 Å². The number of rotatable bonds is 3. The Kier molecular flexibility index (Phi) is 4.03. The number of amides is 1. The van der Waals surface area contributed by atoms with Crippen LogP contribution in [0, 0.1) is 11.6 Å². The molecule has 0 fully saturated rings. The van der Waals surface area contributed by atoms with Crippen molar-refractivity contribution in [3.05, 3.63) is 89.6 Å². The number of imidazole rings is 1. The quantitative estimate of drug-likeness (QED) is 0.493. The molecule has 0 N–H and O–H groups in total. The molecule has 0 atom stereocenters. The van der Waals surface area contributed by atoms with Gasteiger partial charge < -0.3 is 9.30 Å². The summed E-state index contributed by atoms with van der Waals surface area (Å²) in [4.78, 5) is 22.8. The van der Waals surface area contributed by atoms with Gasteiger partial charge in [-0.2, -0.15) is 0 Å². The molecule has 5 rings (SSSR count). The van der Waals surface area contributed by atoms with E-state index in [4.69, 9.17) is 0 Å². The number of carbonyl (C=O) groups excluding carboxylic acids is 1. The smallest absolute Gasteiger partial charge is 0.255 e. The highest BCUT2D eigenvalue weighted by atomic mass is 19.1. The van der Waals surface area contributed by atoms with Crippen LogP contribution in [0.3, 0.4) is 0 Å². The van der Waals surface area contributed by atoms with Crippen LogP contribution in [0.2, 0.25) is 0 Å². The standard InChI is InChI=1S/C21H16B2F2N4O/c22-21(23)19-14(2-1-4-27-19)20(30)29(21)11-15-16(24)8-13(9-17(15)25)12-3-6-28-7-5-26-18(28)10-12/h1-10H,11,22-23H2. The molecule has 3 aromatic heterocycles. The van der Waals surface area contributed by atoms with Crippen molar-refractivity contribution < 1.29 is 13.6 Å². The third-order valence-corrected chi connectivity index (χ3v) is 5.73. The highest BCUT2D eigenvalue weighted by Crippen LogP contribution is 2.35. The molecule has 0 aliphatic carbocycles. The van der Waals surface area contributed by atoms with E-state index in [-0.39, 0.29) is 18.0 Å². The fourth-order valence-electron chi connectivity index (χ4n) is 4.03. The predicted molar refractivity (Wildman–Crippen MR) is 113 cm³/mol. The number of benzene rings is 1. The zero-order chi connectivity index (χ0) is 21.0. The summed E-state index contributed by atoms with van der Waals surface area (Å²) < 4.78 is 31.8. The van der Waals surface area contributed by atoms with Crippen molar-refractivity contribution in [2.24, 2.45) is 0 Å². The molecular weight excluding hydrogens is 384 g/mol. The Hall–Kier alpha value is -3.48. The molecule has 0 saturated heterocycles. The molecule has 1 aliphatic rings. The summed E-state index contributed by atoms with van der Waals surface area (Å²) in [6.07, 6.45) is 6.86. The van der Waals surface area contributed by atoms with Gasteiger partial charge in [-0.25, -0.2) is 13.8 Å². The Morgan fingerprint density at radius 3 is 2.47 bits per heavy atom. The van der Waals surface area contributed by atoms with Gasteiger partial charge in [0.05, 0.1) is 17.8 Å². The molecule has 1 amide bonds. The maximum absolute atomic E-state index is 15.0. The lowest BCUT2D eigenvalue weighted by atomic mass is 9.59. The highest BCUT2D eigenvalue weighted by Gasteiger charge is 2.44. The van der Waals surface area contributed by atoms with E-state index < -0.39 is 17.0 Å². The second kappa shape index (κ2) is 6.52. The number of carbonyl (C=O) groups is 1. The van der Waals surface area contributed by atoms with Crippen LogP contribution in [-0.2, 0) is 11.9 Å². The van der Waals surface area contributed by atoms with Crippen molar-refractivity contribution >= 4 is 27.2 Å². The van der Waals surface area contributed by atoms with Gasteiger partial charge in [0.2, 0.25) is 0 Å². The van der Waals surface area contributed by atoms with Crippen molar-refractivity contribution in [2.45, 2.75) is 11.9 Å². The summed E-state index contributed by atoms with van der Waals surface area (Å²) in [5, 5.41) is -0.767. The van der Waals surface area contributed by atoms with Crippen LogP contribution in [-0.4, -0.2) is 40.9 Å². The van der Waals surface area contributed by atoms with E-state index in [2.05, 4.69) is 9.97 Å². The molecule has 4 heterocycles. The second-order valence-electron chi connectivity index (χ2n) is 7.88. The Morgan fingerprint density at radius 1 is 0.967 bits per heavy atom. The molecule has 9 heteroatoms. The number of hydrogen-bond acceptors (Lipinski definition) is 3. The van der Waals surface area contributed by atoms with Crippen LogP contribution in [0.5, 0.6) is 0 Å². The SMILES string of the molecule is BC1(B)c2ncccc2C(=O)N1Cc1c(F)cc(-c2ccn3ccnc3c2)cc1F. The van der Waals surface area contributed by atoms with Gasteiger partial charge in [-0.1, -0.05) is 0 Å². The van der Waals surface area contributed by atoms with Gasteiger partial charge in [-0.15, -0.1) is 0 Å². The van der Waals surface area contributed by atoms with E-state index >= 15 is 0 Å². The van der Waals surface area contributed by atoms with Crippen LogP contribution in [0.4, 0.5) is 8.78 Å². The van der Waals surface area contributed by atoms with Crippen LogP contribution in [0.1, 0.15) is 21.6 Å². The molecule has 0 unspecified atom stereocenters. The third-order valence-electron chi connectivity index (χ3n) is 5.73. The second-order valence-corrected chi connectivity index (χ2v) is 7.88. The first-order valence-corrected chi connectivity index (χ1v) is 9.55. The lowest BCUT2D eigenvalue weighted by molar-refractivity contribution is 0.0727. The first-order valence-electron chi connectivity index (χ1n) is 9.55. The van der Waals surface area contributed by atoms with Crippen molar-refractivity contribution in [1.82, 2.24) is 19.3 Å². The Balaban J connectivity index is 1.51. The van der Waals surface area contributed by atoms with Gasteiger partial charge in [0.25, 0.3) is 5.91 Å². The van der Waals surface area contributed by atoms with Crippen LogP contribution < -0.4 is 0 Å². The average Bonchev–Trinajstić information content (AvgIpc) is 3.26. The number of hydrogen-bond donors (Lipinski definition) is 0. The molecule has 4 aromatic rings. The fraction of sp³-hybridized carbons (Fsp3) is 0.0952. The molecular formula is C21H16B2F2N4O. The highest BCUT2D eigenvalue weighted by molar-refractivity contribution is 6.42. The molecule has 1 aromatic carbocycles. The molecule has 0 saturated carbocycles. The molecule has 0 spiro atoms. The minimum atomic E-state index is -0.767. The van der Waals surface area contributed by atoms with Crippen molar-refractivity contribution in [2.75, 3.05) is 0 Å². The summed E-state index contributed by atoms with van der Waals surface area (Å²) in [5.74, 6) is -1.67. The van der Waals surface area contributed by atoms with Crippen LogP contribution >= 0.6 is 0 Å². The Bertz CT molecular complexity index is 1300. The lowest BCUT2D eigenvalue weighted by Gasteiger charge is -2.32.